The second kappa shape index (κ2) is 4.65. The van der Waals surface area contributed by atoms with Crippen molar-refractivity contribution in [2.45, 2.75) is 40.7 Å². The van der Waals surface area contributed by atoms with Crippen LogP contribution >= 0.6 is 0 Å². The highest BCUT2D eigenvalue weighted by Crippen LogP contribution is 2.30. The molecule has 0 aromatic heterocycles. The summed E-state index contributed by atoms with van der Waals surface area (Å²) in [6.45, 7) is 9.77. The van der Waals surface area contributed by atoms with Crippen molar-refractivity contribution in [1.29, 1.82) is 0 Å². The molecule has 15 heavy (non-hydrogen) atoms. The van der Waals surface area contributed by atoms with Crippen LogP contribution in [0.1, 0.15) is 34.6 Å². The maximum absolute atomic E-state index is 11.9. The van der Waals surface area contributed by atoms with E-state index in [1.807, 2.05) is 33.8 Å². The smallest absolute Gasteiger partial charge is 0.168 e. The zero-order valence-corrected chi connectivity index (χ0v) is 10.2. The Balaban J connectivity index is 3.01. The van der Waals surface area contributed by atoms with Crippen LogP contribution in [0.15, 0.2) is 23.5 Å². The minimum Gasteiger partial charge on any atom is -0.493 e. The molecule has 1 aliphatic rings. The van der Waals surface area contributed by atoms with Crippen LogP contribution < -0.4 is 0 Å². The summed E-state index contributed by atoms with van der Waals surface area (Å²) in [6, 6.07) is 0. The molecule has 2 heteroatoms. The largest absolute Gasteiger partial charge is 0.493 e. The van der Waals surface area contributed by atoms with E-state index in [1.54, 1.807) is 0 Å². The molecule has 1 heterocycles. The molecule has 0 aromatic rings. The van der Waals surface area contributed by atoms with Crippen LogP contribution in [-0.2, 0) is 9.53 Å². The van der Waals surface area contributed by atoms with Crippen molar-refractivity contribution in [3.8, 4) is 0 Å². The molecular formula is C13H20O2. The van der Waals surface area contributed by atoms with Gasteiger partial charge >= 0.3 is 0 Å². The highest BCUT2D eigenvalue weighted by Gasteiger charge is 2.32. The Kier molecular flexibility index (Phi) is 3.72. The second-order valence-electron chi connectivity index (χ2n) is 4.28. The van der Waals surface area contributed by atoms with Gasteiger partial charge in [0.05, 0.1) is 5.92 Å². The van der Waals surface area contributed by atoms with E-state index in [1.165, 1.54) is 0 Å². The summed E-state index contributed by atoms with van der Waals surface area (Å²) < 4.78 is 5.80. The highest BCUT2D eigenvalue weighted by molar-refractivity contribution is 5.98. The fourth-order valence-corrected chi connectivity index (χ4v) is 1.89. The number of carbonyl (C=O) groups excluding carboxylic acids is 1. The molecule has 0 saturated heterocycles. The number of allylic oxidation sites excluding steroid dienone is 3. The van der Waals surface area contributed by atoms with Gasteiger partial charge in [0.25, 0.3) is 0 Å². The van der Waals surface area contributed by atoms with Gasteiger partial charge in [-0.1, -0.05) is 26.0 Å². The Morgan fingerprint density at radius 3 is 2.53 bits per heavy atom. The van der Waals surface area contributed by atoms with Gasteiger partial charge in [0, 0.05) is 11.5 Å². The lowest BCUT2D eigenvalue weighted by Crippen LogP contribution is -2.33. The van der Waals surface area contributed by atoms with Gasteiger partial charge in [-0.15, -0.1) is 0 Å². The van der Waals surface area contributed by atoms with E-state index in [0.717, 1.165) is 11.3 Å². The molecule has 0 radical (unpaired) electrons. The topological polar surface area (TPSA) is 26.3 Å². The lowest BCUT2D eigenvalue weighted by Gasteiger charge is -2.31. The Morgan fingerprint density at radius 2 is 2.00 bits per heavy atom. The summed E-state index contributed by atoms with van der Waals surface area (Å²) in [4.78, 5) is 11.9. The SMILES string of the molecule is C/C=C/C(C)C1=C(C)C(=O)C(C)C(C)O1. The van der Waals surface area contributed by atoms with Crippen LogP contribution in [-0.4, -0.2) is 11.9 Å². The van der Waals surface area contributed by atoms with Gasteiger partial charge in [-0.05, 0) is 20.8 Å². The van der Waals surface area contributed by atoms with E-state index in [0.29, 0.717) is 0 Å². The molecule has 0 amide bonds. The van der Waals surface area contributed by atoms with E-state index >= 15 is 0 Å². The average Bonchev–Trinajstić information content (AvgIpc) is 2.20. The molecule has 0 saturated carbocycles. The van der Waals surface area contributed by atoms with E-state index in [-0.39, 0.29) is 23.7 Å². The Bertz CT molecular complexity index is 312. The monoisotopic (exact) mass is 208 g/mol. The molecule has 0 fully saturated rings. The van der Waals surface area contributed by atoms with Crippen LogP contribution in [0.2, 0.25) is 0 Å². The first-order valence-corrected chi connectivity index (χ1v) is 5.53. The van der Waals surface area contributed by atoms with Crippen LogP contribution in [0.3, 0.4) is 0 Å². The average molecular weight is 208 g/mol. The lowest BCUT2D eigenvalue weighted by atomic mass is 9.89. The van der Waals surface area contributed by atoms with Crippen molar-refractivity contribution in [3.63, 3.8) is 0 Å². The van der Waals surface area contributed by atoms with Crippen LogP contribution in [0.5, 0.6) is 0 Å². The Hall–Kier alpha value is -1.05. The van der Waals surface area contributed by atoms with Crippen molar-refractivity contribution >= 4 is 5.78 Å². The summed E-state index contributed by atoms with van der Waals surface area (Å²) in [5, 5.41) is 0. The third kappa shape index (κ3) is 2.31. The number of hydrogen-bond acceptors (Lipinski definition) is 2. The zero-order valence-electron chi connectivity index (χ0n) is 10.2. The van der Waals surface area contributed by atoms with Crippen molar-refractivity contribution in [2.24, 2.45) is 11.8 Å². The zero-order chi connectivity index (χ0) is 11.6. The summed E-state index contributed by atoms with van der Waals surface area (Å²) in [5.74, 6) is 1.23. The van der Waals surface area contributed by atoms with Gasteiger partial charge in [0.1, 0.15) is 11.9 Å². The van der Waals surface area contributed by atoms with E-state index in [2.05, 4.69) is 13.0 Å². The van der Waals surface area contributed by atoms with Crippen LogP contribution in [0.4, 0.5) is 0 Å². The Morgan fingerprint density at radius 1 is 1.40 bits per heavy atom. The van der Waals surface area contributed by atoms with Gasteiger partial charge in [-0.25, -0.2) is 0 Å². The predicted molar refractivity (Wildman–Crippen MR) is 61.4 cm³/mol. The van der Waals surface area contributed by atoms with Crippen LogP contribution in [0.25, 0.3) is 0 Å². The summed E-state index contributed by atoms with van der Waals surface area (Å²) in [5.41, 5.74) is 0.784. The molecule has 0 N–H and O–H groups in total. The lowest BCUT2D eigenvalue weighted by molar-refractivity contribution is -0.125. The van der Waals surface area contributed by atoms with Gasteiger partial charge < -0.3 is 4.74 Å². The molecule has 1 aliphatic heterocycles. The molecule has 3 unspecified atom stereocenters. The molecule has 0 aliphatic carbocycles. The van der Waals surface area contributed by atoms with Crippen molar-refractivity contribution in [3.05, 3.63) is 23.5 Å². The third-order valence-electron chi connectivity index (χ3n) is 3.06. The summed E-state index contributed by atoms with van der Waals surface area (Å²) in [7, 11) is 0. The van der Waals surface area contributed by atoms with Gasteiger partial charge in [0.2, 0.25) is 0 Å². The third-order valence-corrected chi connectivity index (χ3v) is 3.06. The number of hydrogen-bond donors (Lipinski definition) is 0. The number of ether oxygens (including phenoxy) is 1. The molecule has 0 bridgehead atoms. The van der Waals surface area contributed by atoms with E-state index in [4.69, 9.17) is 4.74 Å². The van der Waals surface area contributed by atoms with E-state index in [9.17, 15) is 4.79 Å². The maximum atomic E-state index is 11.9. The molecule has 0 spiro atoms. The molecule has 1 rings (SSSR count). The molecule has 3 atom stereocenters. The first kappa shape index (κ1) is 12.0. The molecular weight excluding hydrogens is 188 g/mol. The highest BCUT2D eigenvalue weighted by atomic mass is 16.5. The fraction of sp³-hybridized carbons (Fsp3) is 0.615. The number of ketones is 1. The predicted octanol–water partition coefficient (Wildman–Crippen LogP) is 3.10. The van der Waals surface area contributed by atoms with Gasteiger partial charge in [0.15, 0.2) is 5.78 Å². The maximum Gasteiger partial charge on any atom is 0.168 e. The van der Waals surface area contributed by atoms with Crippen LogP contribution in [0, 0.1) is 11.8 Å². The first-order valence-electron chi connectivity index (χ1n) is 5.53. The normalized spacial score (nSPS) is 29.5. The van der Waals surface area contributed by atoms with E-state index < -0.39 is 0 Å². The number of rotatable bonds is 2. The second-order valence-corrected chi connectivity index (χ2v) is 4.28. The molecule has 0 aromatic carbocycles. The minimum atomic E-state index is -0.0217. The number of Topliss-reactive ketones (excluding diaryl/α,β-unsaturated/α-hetero) is 1. The molecule has 84 valence electrons. The first-order chi connectivity index (χ1) is 6.99. The minimum absolute atomic E-state index is 0.0103. The van der Waals surface area contributed by atoms with Gasteiger partial charge in [-0.2, -0.15) is 0 Å². The fourth-order valence-electron chi connectivity index (χ4n) is 1.89. The summed E-state index contributed by atoms with van der Waals surface area (Å²) >= 11 is 0. The van der Waals surface area contributed by atoms with Gasteiger partial charge in [-0.3, -0.25) is 4.79 Å². The molecule has 2 nitrogen and oxygen atoms in total. The van der Waals surface area contributed by atoms with Crippen molar-refractivity contribution in [1.82, 2.24) is 0 Å². The standard InChI is InChI=1S/C13H20O2/c1-6-7-8(2)13-10(4)12(14)9(3)11(5)15-13/h6-9,11H,1-5H3/b7-6+. The van der Waals surface area contributed by atoms with Crippen molar-refractivity contribution in [2.75, 3.05) is 0 Å². The summed E-state index contributed by atoms with van der Waals surface area (Å²) in [6.07, 6.45) is 4.03. The number of carbonyl (C=O) groups is 1. The Labute approximate surface area is 92.0 Å². The quantitative estimate of drug-likeness (QED) is 0.652. The van der Waals surface area contributed by atoms with Crippen molar-refractivity contribution < 1.29 is 9.53 Å².